The number of benzene rings is 1. The van der Waals surface area contributed by atoms with Gasteiger partial charge >= 0.3 is 17.9 Å². The topological polar surface area (TPSA) is 267 Å². The predicted molar refractivity (Wildman–Crippen MR) is 268 cm³/mol. The summed E-state index contributed by atoms with van der Waals surface area (Å²) in [6.07, 6.45) is -4.75. The lowest BCUT2D eigenvalue weighted by molar-refractivity contribution is -0.333. The molecule has 0 radical (unpaired) electrons. The van der Waals surface area contributed by atoms with Crippen LogP contribution in [0.15, 0.2) is 64.8 Å². The van der Waals surface area contributed by atoms with Crippen molar-refractivity contribution >= 4 is 40.5 Å². The van der Waals surface area contributed by atoms with E-state index in [1.807, 2.05) is 32.9 Å². The summed E-state index contributed by atoms with van der Waals surface area (Å²) >= 11 is 1.71. The second-order valence-electron chi connectivity index (χ2n) is 19.3. The van der Waals surface area contributed by atoms with Crippen molar-refractivity contribution in [2.24, 2.45) is 11.8 Å². The number of carbonyl (C=O) groups excluding carboxylic acids is 3. The molecule has 14 atom stereocenters. The van der Waals surface area contributed by atoms with Gasteiger partial charge in [-0.05, 0) is 119 Å². The van der Waals surface area contributed by atoms with Crippen LogP contribution < -0.4 is 0 Å². The number of rotatable bonds is 13. The lowest BCUT2D eigenvalue weighted by Gasteiger charge is -2.47. The van der Waals surface area contributed by atoms with Crippen molar-refractivity contribution in [2.75, 3.05) is 13.7 Å². The minimum Gasteiger partial charge on any atom is -0.507 e. The van der Waals surface area contributed by atoms with E-state index in [0.29, 0.717) is 28.7 Å². The minimum atomic E-state index is -1.60. The van der Waals surface area contributed by atoms with Crippen molar-refractivity contribution in [1.29, 1.82) is 0 Å². The number of phenolic OH excluding ortho intramolecular Hbond substituents is 2. The number of ether oxygens (including phenoxy) is 8. The van der Waals surface area contributed by atoms with Crippen molar-refractivity contribution in [3.8, 4) is 11.5 Å². The lowest BCUT2D eigenvalue weighted by atomic mass is 9.88. The standard InChI is InChI=1S/C52H75IO18/c1-13-31-23-35(56)38(53)39(57)37(31)49(63)68-44-30(9)66-51(45(64-12)42(44)60)65-24-33-17-15-16-18-34(55)27(6)22-32(14-2)43(28(7)21-26(5)19-20-36(29(8)54)67-48(33)62)69-50-41(59)40(58)46(52(10,11)71-50)70-47(61)25(3)4/h15-17,19,21-23,25,29-30,32,34,36,40-46,50-51,54-60H,13-14,18,20,24H2,1-12H3/b16-15+,26-19+,27-22+,28-21+,33-17+/t29-,30?,32+,34+,36+,40?,41?,42?,43-,44?,45?,46?,50?,51?/m1/s1. The fraction of sp³-hybridized carbons (Fsp3) is 0.635. The Kier molecular flexibility index (Phi) is 22.3. The van der Waals surface area contributed by atoms with Crippen LogP contribution in [0.25, 0.3) is 0 Å². The van der Waals surface area contributed by atoms with Crippen molar-refractivity contribution in [3.05, 3.63) is 79.5 Å². The zero-order chi connectivity index (χ0) is 53.2. The third-order valence-electron chi connectivity index (χ3n) is 12.9. The van der Waals surface area contributed by atoms with E-state index >= 15 is 0 Å². The third-order valence-corrected chi connectivity index (χ3v) is 14.0. The number of phenols is 2. The van der Waals surface area contributed by atoms with Crippen molar-refractivity contribution in [1.82, 2.24) is 0 Å². The zero-order valence-electron chi connectivity index (χ0n) is 42.7. The molecule has 71 heavy (non-hydrogen) atoms. The van der Waals surface area contributed by atoms with Crippen LogP contribution in [0.3, 0.4) is 0 Å². The summed E-state index contributed by atoms with van der Waals surface area (Å²) in [5.74, 6) is -3.88. The van der Waals surface area contributed by atoms with Gasteiger partial charge in [0, 0.05) is 19.4 Å². The molecule has 1 aromatic carbocycles. The maximum Gasteiger partial charge on any atom is 0.342 e. The maximum absolute atomic E-state index is 13.9. The third kappa shape index (κ3) is 15.2. The van der Waals surface area contributed by atoms with Gasteiger partial charge < -0.3 is 73.6 Å². The molecule has 398 valence electrons. The second-order valence-corrected chi connectivity index (χ2v) is 20.4. The Balaban J connectivity index is 1.60. The minimum absolute atomic E-state index is 0.0132. The maximum atomic E-state index is 13.9. The van der Waals surface area contributed by atoms with Crippen molar-refractivity contribution in [2.45, 2.75) is 187 Å². The quantitative estimate of drug-likeness (QED) is 0.0554. The van der Waals surface area contributed by atoms with Crippen LogP contribution in [0, 0.1) is 15.4 Å². The summed E-state index contributed by atoms with van der Waals surface area (Å²) in [7, 11) is 1.29. The summed E-state index contributed by atoms with van der Waals surface area (Å²) in [5.41, 5.74) is 0.889. The number of allylic oxidation sites excluding steroid dienone is 4. The molecule has 3 aliphatic rings. The lowest BCUT2D eigenvalue weighted by Crippen LogP contribution is -2.64. The number of esters is 3. The van der Waals surface area contributed by atoms with Crippen LogP contribution >= 0.6 is 22.6 Å². The van der Waals surface area contributed by atoms with Gasteiger partial charge in [0.15, 0.2) is 24.8 Å². The van der Waals surface area contributed by atoms with Gasteiger partial charge in [-0.1, -0.05) is 63.6 Å². The number of halogens is 1. The number of aliphatic hydroxyl groups is 5. The molecule has 1 aromatic rings. The molecule has 19 heteroatoms. The molecule has 4 rings (SSSR count). The van der Waals surface area contributed by atoms with Gasteiger partial charge in [0.05, 0.1) is 46.1 Å². The van der Waals surface area contributed by atoms with E-state index in [0.717, 1.165) is 0 Å². The molecular weight excluding hydrogens is 1040 g/mol. The highest BCUT2D eigenvalue weighted by atomic mass is 127. The monoisotopic (exact) mass is 1110 g/mol. The van der Waals surface area contributed by atoms with Gasteiger partial charge in [-0.3, -0.25) is 4.79 Å². The molecule has 0 spiro atoms. The molecule has 3 aliphatic heterocycles. The number of hydrogen-bond acceptors (Lipinski definition) is 18. The highest BCUT2D eigenvalue weighted by Crippen LogP contribution is 2.38. The highest BCUT2D eigenvalue weighted by molar-refractivity contribution is 14.1. The fourth-order valence-corrected chi connectivity index (χ4v) is 8.95. The molecule has 3 heterocycles. The molecule has 0 saturated carbocycles. The van der Waals surface area contributed by atoms with Gasteiger partial charge in [0.25, 0.3) is 0 Å². The fourth-order valence-electron chi connectivity index (χ4n) is 8.53. The number of aryl methyl sites for hydroxylation is 1. The average molecular weight is 1120 g/mol. The van der Waals surface area contributed by atoms with Gasteiger partial charge in [-0.2, -0.15) is 0 Å². The number of aromatic hydroxyl groups is 2. The van der Waals surface area contributed by atoms with Crippen LogP contribution in [0.4, 0.5) is 0 Å². The Morgan fingerprint density at radius 1 is 0.944 bits per heavy atom. The van der Waals surface area contributed by atoms with E-state index in [2.05, 4.69) is 0 Å². The Morgan fingerprint density at radius 3 is 2.23 bits per heavy atom. The summed E-state index contributed by atoms with van der Waals surface area (Å²) in [6.45, 7) is 18.3. The molecule has 18 nitrogen and oxygen atoms in total. The van der Waals surface area contributed by atoms with E-state index in [1.165, 1.54) is 26.2 Å². The highest BCUT2D eigenvalue weighted by Gasteiger charge is 2.53. The van der Waals surface area contributed by atoms with Crippen LogP contribution in [0.1, 0.15) is 111 Å². The number of cyclic esters (lactones) is 1. The van der Waals surface area contributed by atoms with E-state index in [-0.39, 0.29) is 45.6 Å². The summed E-state index contributed by atoms with van der Waals surface area (Å²) in [4.78, 5) is 40.0. The van der Waals surface area contributed by atoms with Crippen LogP contribution in [-0.4, -0.2) is 153 Å². The Labute approximate surface area is 430 Å². The Bertz CT molecular complexity index is 2160. The first kappa shape index (κ1) is 59.8. The largest absolute Gasteiger partial charge is 0.507 e. The van der Waals surface area contributed by atoms with Gasteiger partial charge in [-0.25, -0.2) is 9.59 Å². The van der Waals surface area contributed by atoms with Crippen LogP contribution in [-0.2, 0) is 53.9 Å². The van der Waals surface area contributed by atoms with Crippen LogP contribution in [0.5, 0.6) is 11.5 Å². The number of aliphatic hydroxyl groups excluding tert-OH is 5. The number of hydrogen-bond donors (Lipinski definition) is 7. The first-order chi connectivity index (χ1) is 33.3. The molecule has 0 bridgehead atoms. The average Bonchev–Trinajstić information content (AvgIpc) is 3.30. The summed E-state index contributed by atoms with van der Waals surface area (Å²) < 4.78 is 47.7. The molecule has 9 unspecified atom stereocenters. The summed E-state index contributed by atoms with van der Waals surface area (Å²) in [5, 5.41) is 77.3. The van der Waals surface area contributed by atoms with Crippen LogP contribution in [0.2, 0.25) is 0 Å². The van der Waals surface area contributed by atoms with Gasteiger partial charge in [0.2, 0.25) is 0 Å². The normalized spacial score (nSPS) is 35.1. The molecule has 2 fully saturated rings. The molecule has 0 amide bonds. The second kappa shape index (κ2) is 26.5. The van der Waals surface area contributed by atoms with Crippen molar-refractivity contribution in [3.63, 3.8) is 0 Å². The number of methoxy groups -OCH3 is 1. The Morgan fingerprint density at radius 2 is 1.62 bits per heavy atom. The number of carbonyl (C=O) groups is 3. The van der Waals surface area contributed by atoms with Crippen molar-refractivity contribution < 1.29 is 88.0 Å². The van der Waals surface area contributed by atoms with E-state index < -0.39 is 122 Å². The van der Waals surface area contributed by atoms with E-state index in [1.54, 1.807) is 89.3 Å². The zero-order valence-corrected chi connectivity index (χ0v) is 44.9. The molecular formula is C52H75IO18. The Hall–Kier alpha value is -3.74. The molecule has 2 saturated heterocycles. The first-order valence-electron chi connectivity index (χ1n) is 24.1. The predicted octanol–water partition coefficient (Wildman–Crippen LogP) is 5.53. The van der Waals surface area contributed by atoms with Gasteiger partial charge in [-0.15, -0.1) is 0 Å². The van der Waals surface area contributed by atoms with Gasteiger partial charge in [0.1, 0.15) is 53.2 Å². The molecule has 0 aliphatic carbocycles. The summed E-state index contributed by atoms with van der Waals surface area (Å²) in [6, 6.07) is 1.36. The van der Waals surface area contributed by atoms with E-state index in [9.17, 15) is 50.1 Å². The molecule has 7 N–H and O–H groups in total. The SMILES string of the molecule is CCc1cc(O)c(I)c(O)c1C(=O)OC1C(C)OC(OC/C2=C\C=C\C[C@H](O)/C(C)=C/[C@H](CC)[C@H](OC3OC(C)(C)C(OC(=O)C(C)C)C(O)C3O)/C(C)=C/C(C)=C/C[C@@H]([C@@H](C)O)OC2=O)C(OC)C1O. The molecule has 0 aromatic heterocycles. The van der Waals surface area contributed by atoms with E-state index in [4.69, 9.17) is 37.9 Å². The first-order valence-corrected chi connectivity index (χ1v) is 25.1. The smallest absolute Gasteiger partial charge is 0.342 e.